The topological polar surface area (TPSA) is 70.4 Å². The van der Waals surface area contributed by atoms with Gasteiger partial charge in [-0.05, 0) is 18.4 Å². The lowest BCUT2D eigenvalue weighted by atomic mass is 9.97. The predicted molar refractivity (Wildman–Crippen MR) is 91.6 cm³/mol. The number of thiophene rings is 1. The van der Waals surface area contributed by atoms with Crippen LogP contribution in [0.1, 0.15) is 24.0 Å². The number of aromatic nitrogens is 2. The van der Waals surface area contributed by atoms with Gasteiger partial charge in [0.2, 0.25) is 5.60 Å². The molecule has 0 radical (unpaired) electrons. The number of carbonyl (C=O) groups is 1. The molecule has 0 spiro atoms. The minimum absolute atomic E-state index is 0.345. The number of urea groups is 1. The van der Waals surface area contributed by atoms with Crippen LogP contribution in [0.5, 0.6) is 0 Å². The van der Waals surface area contributed by atoms with E-state index >= 15 is 0 Å². The van der Waals surface area contributed by atoms with E-state index < -0.39 is 30.1 Å². The molecule has 1 unspecified atom stereocenters. The third-order valence-corrected chi connectivity index (χ3v) is 4.88. The first-order valence-corrected chi connectivity index (χ1v) is 8.89. The van der Waals surface area contributed by atoms with Gasteiger partial charge in [-0.1, -0.05) is 6.07 Å². The van der Waals surface area contributed by atoms with Crippen molar-refractivity contribution in [2.24, 2.45) is 7.05 Å². The molecule has 0 fully saturated rings. The van der Waals surface area contributed by atoms with Gasteiger partial charge in [-0.15, -0.1) is 11.3 Å². The largest absolute Gasteiger partial charge is 0.424 e. The summed E-state index contributed by atoms with van der Waals surface area (Å²) in [5.41, 5.74) is -3.14. The van der Waals surface area contributed by atoms with Gasteiger partial charge in [0, 0.05) is 43.8 Å². The zero-order chi connectivity index (χ0) is 19.4. The van der Waals surface area contributed by atoms with Crippen molar-refractivity contribution in [3.63, 3.8) is 0 Å². The number of amides is 2. The van der Waals surface area contributed by atoms with Gasteiger partial charge in [0.15, 0.2) is 0 Å². The van der Waals surface area contributed by atoms with E-state index in [1.54, 1.807) is 6.92 Å². The second-order valence-corrected chi connectivity index (χ2v) is 6.83. The molecular weight excluding hydrogens is 369 g/mol. The molecule has 2 heterocycles. The van der Waals surface area contributed by atoms with Crippen molar-refractivity contribution < 1.29 is 23.1 Å². The van der Waals surface area contributed by atoms with Crippen LogP contribution in [0.3, 0.4) is 0 Å². The summed E-state index contributed by atoms with van der Waals surface area (Å²) in [6.45, 7) is 2.23. The Morgan fingerprint density at radius 2 is 2.19 bits per heavy atom. The smallest absolute Gasteiger partial charge is 0.374 e. The number of alkyl halides is 3. The van der Waals surface area contributed by atoms with E-state index in [1.807, 2.05) is 17.5 Å². The first kappa shape index (κ1) is 20.2. The number of hydrogen-bond donors (Lipinski definition) is 2. The molecule has 0 aromatic carbocycles. The predicted octanol–water partition coefficient (Wildman–Crippen LogP) is 2.85. The van der Waals surface area contributed by atoms with Gasteiger partial charge in [-0.2, -0.15) is 13.2 Å². The van der Waals surface area contributed by atoms with Crippen LogP contribution in [0.15, 0.2) is 29.9 Å². The van der Waals surface area contributed by atoms with E-state index in [1.165, 1.54) is 35.7 Å². The molecule has 144 valence electrons. The van der Waals surface area contributed by atoms with Crippen molar-refractivity contribution in [2.75, 3.05) is 13.1 Å². The van der Waals surface area contributed by atoms with Gasteiger partial charge >= 0.3 is 12.2 Å². The summed E-state index contributed by atoms with van der Waals surface area (Å²) < 4.78 is 41.4. The summed E-state index contributed by atoms with van der Waals surface area (Å²) in [7, 11) is 1.37. The number of aryl methyl sites for hydroxylation is 1. The summed E-state index contributed by atoms with van der Waals surface area (Å²) in [4.78, 5) is 18.3. The van der Waals surface area contributed by atoms with E-state index in [0.717, 1.165) is 9.44 Å². The van der Waals surface area contributed by atoms with Gasteiger partial charge in [0.25, 0.3) is 0 Å². The lowest BCUT2D eigenvalue weighted by molar-refractivity contribution is -0.272. The highest BCUT2D eigenvalue weighted by Gasteiger charge is 2.57. The van der Waals surface area contributed by atoms with E-state index in [-0.39, 0.29) is 6.54 Å². The molecule has 2 aromatic heterocycles. The highest BCUT2D eigenvalue weighted by Crippen LogP contribution is 2.40. The summed E-state index contributed by atoms with van der Waals surface area (Å²) in [6.07, 6.45) is -3.14. The fourth-order valence-electron chi connectivity index (χ4n) is 2.52. The van der Waals surface area contributed by atoms with Crippen LogP contribution in [-0.4, -0.2) is 44.9 Å². The van der Waals surface area contributed by atoms with Crippen LogP contribution in [0.4, 0.5) is 18.0 Å². The first-order chi connectivity index (χ1) is 12.2. The maximum Gasteiger partial charge on any atom is 0.424 e. The normalized spacial score (nSPS) is 14.1. The molecule has 10 heteroatoms. The second-order valence-electron chi connectivity index (χ2n) is 5.80. The molecule has 2 aromatic rings. The maximum atomic E-state index is 13.4. The van der Waals surface area contributed by atoms with Crippen LogP contribution in [0.25, 0.3) is 0 Å². The van der Waals surface area contributed by atoms with Crippen LogP contribution in [0, 0.1) is 0 Å². The van der Waals surface area contributed by atoms with E-state index in [4.69, 9.17) is 0 Å². The average molecular weight is 390 g/mol. The molecule has 1 atom stereocenters. The second kappa shape index (κ2) is 8.09. The molecular formula is C16H21F3N4O2S. The Morgan fingerprint density at radius 3 is 2.69 bits per heavy atom. The Labute approximate surface area is 153 Å². The molecule has 2 N–H and O–H groups in total. The Morgan fingerprint density at radius 1 is 1.46 bits per heavy atom. The van der Waals surface area contributed by atoms with Crippen molar-refractivity contribution >= 4 is 17.4 Å². The summed E-state index contributed by atoms with van der Waals surface area (Å²) in [5, 5.41) is 14.6. The lowest BCUT2D eigenvalue weighted by Gasteiger charge is -2.30. The van der Waals surface area contributed by atoms with Crippen molar-refractivity contribution in [3.8, 4) is 0 Å². The number of aliphatic hydroxyl groups is 1. The number of nitrogens with one attached hydrogen (secondary N) is 1. The van der Waals surface area contributed by atoms with Crippen molar-refractivity contribution in [1.82, 2.24) is 19.8 Å². The van der Waals surface area contributed by atoms with Crippen LogP contribution in [0.2, 0.25) is 0 Å². The number of hydrogen-bond acceptors (Lipinski definition) is 4. The minimum Gasteiger partial charge on any atom is -0.374 e. The highest BCUT2D eigenvalue weighted by molar-refractivity contribution is 7.09. The molecule has 0 aliphatic rings. The molecule has 0 saturated carbocycles. The van der Waals surface area contributed by atoms with E-state index in [2.05, 4.69) is 10.3 Å². The Kier molecular flexibility index (Phi) is 6.30. The molecule has 2 amide bonds. The number of carbonyl (C=O) groups excluding carboxylic acids is 1. The van der Waals surface area contributed by atoms with Crippen LogP contribution >= 0.6 is 11.3 Å². The van der Waals surface area contributed by atoms with Crippen LogP contribution < -0.4 is 5.32 Å². The zero-order valence-corrected chi connectivity index (χ0v) is 15.3. The lowest BCUT2D eigenvalue weighted by Crippen LogP contribution is -2.48. The highest BCUT2D eigenvalue weighted by atomic mass is 32.1. The Balaban J connectivity index is 2.01. The summed E-state index contributed by atoms with van der Waals surface area (Å²) >= 11 is 1.49. The molecule has 0 aliphatic carbocycles. The third kappa shape index (κ3) is 4.36. The van der Waals surface area contributed by atoms with Gasteiger partial charge in [-0.25, -0.2) is 9.78 Å². The van der Waals surface area contributed by atoms with Gasteiger partial charge in [0.05, 0.1) is 6.54 Å². The summed E-state index contributed by atoms with van der Waals surface area (Å²) in [6, 6.07) is 3.26. The van der Waals surface area contributed by atoms with Crippen LogP contribution in [-0.2, 0) is 19.2 Å². The summed E-state index contributed by atoms with van der Waals surface area (Å²) in [5.74, 6) is -0.509. The Hall–Kier alpha value is -2.07. The molecule has 26 heavy (non-hydrogen) atoms. The quantitative estimate of drug-likeness (QED) is 0.764. The monoisotopic (exact) mass is 390 g/mol. The van der Waals surface area contributed by atoms with E-state index in [0.29, 0.717) is 13.1 Å². The molecule has 0 bridgehead atoms. The third-order valence-electron chi connectivity index (χ3n) is 4.02. The minimum atomic E-state index is -4.92. The number of halogens is 3. The molecule has 2 rings (SSSR count). The number of nitrogens with zero attached hydrogens (tertiary/aromatic N) is 3. The van der Waals surface area contributed by atoms with Gasteiger partial charge in [0.1, 0.15) is 5.82 Å². The fraction of sp³-hybridized carbons (Fsp3) is 0.500. The SMILES string of the molecule is CCN(Cc1cccs1)C(=O)NCCC(O)(c1nccn1C)C(F)(F)F. The maximum absolute atomic E-state index is 13.4. The number of imidazole rings is 1. The average Bonchev–Trinajstić information content (AvgIpc) is 3.22. The van der Waals surface area contributed by atoms with Gasteiger partial charge < -0.3 is 19.9 Å². The Bertz CT molecular complexity index is 717. The van der Waals surface area contributed by atoms with E-state index in [9.17, 15) is 23.1 Å². The number of rotatable bonds is 7. The molecule has 6 nitrogen and oxygen atoms in total. The fourth-order valence-corrected chi connectivity index (χ4v) is 3.24. The standard InChI is InChI=1S/C16H21F3N4O2S/c1-3-23(11-12-5-4-10-26-12)14(24)21-7-6-15(25,16(17,18)19)13-20-8-9-22(13)2/h4-5,8-10,25H,3,6-7,11H2,1-2H3,(H,21,24). The van der Waals surface area contributed by atoms with Gasteiger partial charge in [-0.3, -0.25) is 0 Å². The first-order valence-electron chi connectivity index (χ1n) is 8.01. The molecule has 0 saturated heterocycles. The van der Waals surface area contributed by atoms with Crippen molar-refractivity contribution in [2.45, 2.75) is 31.7 Å². The molecule has 0 aliphatic heterocycles. The van der Waals surface area contributed by atoms with Crippen molar-refractivity contribution in [1.29, 1.82) is 0 Å². The van der Waals surface area contributed by atoms with Crippen molar-refractivity contribution in [3.05, 3.63) is 40.6 Å². The zero-order valence-electron chi connectivity index (χ0n) is 14.5.